The zero-order valence-electron chi connectivity index (χ0n) is 12.0. The molecule has 118 valence electrons. The molecule has 0 aliphatic rings. The molecular formula is C15H21FO5. The lowest BCUT2D eigenvalue weighted by Crippen LogP contribution is -2.26. The van der Waals surface area contributed by atoms with Gasteiger partial charge in [0.25, 0.3) is 0 Å². The van der Waals surface area contributed by atoms with Crippen molar-refractivity contribution in [2.45, 2.75) is 18.9 Å². The first-order chi connectivity index (χ1) is 10.0. The first-order valence-electron chi connectivity index (χ1n) is 6.75. The van der Waals surface area contributed by atoms with Crippen LogP contribution in [0.15, 0.2) is 24.3 Å². The minimum absolute atomic E-state index is 0.0106. The number of carboxylic acids is 1. The Kier molecular flexibility index (Phi) is 7.89. The van der Waals surface area contributed by atoms with Crippen LogP contribution in [-0.4, -0.2) is 49.2 Å². The van der Waals surface area contributed by atoms with Crippen LogP contribution in [0.4, 0.5) is 4.39 Å². The minimum atomic E-state index is -1.06. The summed E-state index contributed by atoms with van der Waals surface area (Å²) in [6, 6.07) is 6.04. The Morgan fingerprint density at radius 1 is 1.33 bits per heavy atom. The second kappa shape index (κ2) is 9.44. The standard InChI is InChI=1S/C15H21FO5/c1-20-6-7-21-10-13(17)9-12(15(18)19)8-11-4-2-3-5-14(11)16/h2-5,12-13,17H,6-10H2,1H3,(H,18,19). The maximum Gasteiger partial charge on any atom is 0.306 e. The zero-order chi connectivity index (χ0) is 15.7. The van der Waals surface area contributed by atoms with Gasteiger partial charge in [-0.25, -0.2) is 4.39 Å². The molecule has 0 aliphatic heterocycles. The summed E-state index contributed by atoms with van der Waals surface area (Å²) in [5.41, 5.74) is 0.331. The van der Waals surface area contributed by atoms with Crippen molar-refractivity contribution in [3.8, 4) is 0 Å². The summed E-state index contributed by atoms with van der Waals surface area (Å²) in [4.78, 5) is 11.2. The molecule has 2 N–H and O–H groups in total. The highest BCUT2D eigenvalue weighted by molar-refractivity contribution is 5.70. The van der Waals surface area contributed by atoms with Crippen LogP contribution in [0.1, 0.15) is 12.0 Å². The van der Waals surface area contributed by atoms with Gasteiger partial charge in [-0.05, 0) is 24.5 Å². The Morgan fingerprint density at radius 2 is 2.05 bits per heavy atom. The Hall–Kier alpha value is -1.50. The van der Waals surface area contributed by atoms with E-state index in [0.29, 0.717) is 18.8 Å². The largest absolute Gasteiger partial charge is 0.481 e. The summed E-state index contributed by atoms with van der Waals surface area (Å²) >= 11 is 0. The molecule has 0 heterocycles. The van der Waals surface area contributed by atoms with Crippen LogP contribution in [0.25, 0.3) is 0 Å². The number of methoxy groups -OCH3 is 1. The molecule has 0 saturated heterocycles. The zero-order valence-corrected chi connectivity index (χ0v) is 12.0. The summed E-state index contributed by atoms with van der Waals surface area (Å²) in [7, 11) is 1.54. The van der Waals surface area contributed by atoms with E-state index >= 15 is 0 Å². The van der Waals surface area contributed by atoms with E-state index in [0.717, 1.165) is 0 Å². The fraction of sp³-hybridized carbons (Fsp3) is 0.533. The Bertz CT molecular complexity index is 438. The monoisotopic (exact) mass is 300 g/mol. The summed E-state index contributed by atoms with van der Waals surface area (Å²) in [5.74, 6) is -2.35. The number of hydrogen-bond donors (Lipinski definition) is 2. The van der Waals surface area contributed by atoms with Crippen LogP contribution < -0.4 is 0 Å². The molecule has 6 heteroatoms. The van der Waals surface area contributed by atoms with Gasteiger partial charge < -0.3 is 19.7 Å². The SMILES string of the molecule is COCCOCC(O)CC(Cc1ccccc1F)C(=O)O. The Labute approximate surface area is 123 Å². The number of hydrogen-bond acceptors (Lipinski definition) is 4. The molecule has 0 aliphatic carbocycles. The van der Waals surface area contributed by atoms with Gasteiger partial charge in [0, 0.05) is 7.11 Å². The van der Waals surface area contributed by atoms with E-state index in [4.69, 9.17) is 9.47 Å². The molecule has 0 spiro atoms. The molecule has 0 radical (unpaired) electrons. The molecule has 0 saturated carbocycles. The van der Waals surface area contributed by atoms with Crippen molar-refractivity contribution in [3.05, 3.63) is 35.6 Å². The van der Waals surface area contributed by atoms with Crippen LogP contribution in [0.2, 0.25) is 0 Å². The van der Waals surface area contributed by atoms with Crippen LogP contribution >= 0.6 is 0 Å². The van der Waals surface area contributed by atoms with Crippen molar-refractivity contribution in [3.63, 3.8) is 0 Å². The highest BCUT2D eigenvalue weighted by atomic mass is 19.1. The van der Waals surface area contributed by atoms with E-state index in [1.165, 1.54) is 13.2 Å². The van der Waals surface area contributed by atoms with Crippen molar-refractivity contribution >= 4 is 5.97 Å². The molecule has 0 amide bonds. The number of halogens is 1. The van der Waals surface area contributed by atoms with Crippen LogP contribution in [0.5, 0.6) is 0 Å². The van der Waals surface area contributed by atoms with Crippen molar-refractivity contribution in [2.75, 3.05) is 26.9 Å². The smallest absolute Gasteiger partial charge is 0.306 e. The molecule has 1 aromatic rings. The Morgan fingerprint density at radius 3 is 2.67 bits per heavy atom. The first kappa shape index (κ1) is 17.6. The highest BCUT2D eigenvalue weighted by Crippen LogP contribution is 2.17. The molecule has 0 bridgehead atoms. The minimum Gasteiger partial charge on any atom is -0.481 e. The third-order valence-electron chi connectivity index (χ3n) is 3.07. The fourth-order valence-electron chi connectivity index (χ4n) is 1.96. The predicted molar refractivity (Wildman–Crippen MR) is 74.5 cm³/mol. The average Bonchev–Trinajstić information content (AvgIpc) is 2.45. The Balaban J connectivity index is 2.50. The number of aliphatic carboxylic acids is 1. The lowest BCUT2D eigenvalue weighted by molar-refractivity contribution is -0.143. The molecule has 1 rings (SSSR count). The molecule has 21 heavy (non-hydrogen) atoms. The van der Waals surface area contributed by atoms with Gasteiger partial charge in [0.2, 0.25) is 0 Å². The van der Waals surface area contributed by atoms with Gasteiger partial charge in [-0.1, -0.05) is 18.2 Å². The highest BCUT2D eigenvalue weighted by Gasteiger charge is 2.23. The van der Waals surface area contributed by atoms with Crippen LogP contribution in [0, 0.1) is 11.7 Å². The van der Waals surface area contributed by atoms with Gasteiger partial charge in [0.05, 0.1) is 31.8 Å². The molecular weight excluding hydrogens is 279 g/mol. The summed E-state index contributed by atoms with van der Waals surface area (Å²) in [5, 5.41) is 19.0. The third-order valence-corrected chi connectivity index (χ3v) is 3.07. The predicted octanol–water partition coefficient (Wildman–Crippen LogP) is 1.48. The number of rotatable bonds is 10. The second-order valence-electron chi connectivity index (χ2n) is 4.79. The van der Waals surface area contributed by atoms with Crippen LogP contribution in [0.3, 0.4) is 0 Å². The lowest BCUT2D eigenvalue weighted by Gasteiger charge is -2.17. The van der Waals surface area contributed by atoms with Crippen molar-refractivity contribution in [2.24, 2.45) is 5.92 Å². The summed E-state index contributed by atoms with van der Waals surface area (Å²) < 4.78 is 23.5. The number of carboxylic acid groups (broad SMARTS) is 1. The normalized spacial score (nSPS) is 13.9. The average molecular weight is 300 g/mol. The van der Waals surface area contributed by atoms with Crippen molar-refractivity contribution < 1.29 is 28.9 Å². The van der Waals surface area contributed by atoms with Gasteiger partial charge in [-0.3, -0.25) is 4.79 Å². The van der Waals surface area contributed by atoms with Gasteiger partial charge in [-0.15, -0.1) is 0 Å². The van der Waals surface area contributed by atoms with E-state index in [1.807, 2.05) is 0 Å². The van der Waals surface area contributed by atoms with Crippen molar-refractivity contribution in [1.82, 2.24) is 0 Å². The first-order valence-corrected chi connectivity index (χ1v) is 6.75. The lowest BCUT2D eigenvalue weighted by atomic mass is 9.93. The van der Waals surface area contributed by atoms with Gasteiger partial charge in [-0.2, -0.15) is 0 Å². The number of aliphatic hydroxyl groups is 1. The third kappa shape index (κ3) is 6.66. The second-order valence-corrected chi connectivity index (χ2v) is 4.79. The van der Waals surface area contributed by atoms with Crippen molar-refractivity contribution in [1.29, 1.82) is 0 Å². The number of benzene rings is 1. The number of aliphatic hydroxyl groups excluding tert-OH is 1. The van der Waals surface area contributed by atoms with Crippen LogP contribution in [-0.2, 0) is 20.7 Å². The van der Waals surface area contributed by atoms with E-state index in [1.54, 1.807) is 18.2 Å². The topological polar surface area (TPSA) is 76.0 Å². The molecule has 2 unspecified atom stereocenters. The maximum absolute atomic E-state index is 13.5. The van der Waals surface area contributed by atoms with E-state index in [-0.39, 0.29) is 19.4 Å². The molecule has 5 nitrogen and oxygen atoms in total. The van der Waals surface area contributed by atoms with E-state index < -0.39 is 23.8 Å². The van der Waals surface area contributed by atoms with Gasteiger partial charge >= 0.3 is 5.97 Å². The molecule has 0 aromatic heterocycles. The quantitative estimate of drug-likeness (QED) is 0.640. The van der Waals surface area contributed by atoms with E-state index in [2.05, 4.69) is 0 Å². The van der Waals surface area contributed by atoms with Gasteiger partial charge in [0.1, 0.15) is 5.82 Å². The summed E-state index contributed by atoms with van der Waals surface area (Å²) in [6.07, 6.45) is -0.858. The van der Waals surface area contributed by atoms with Gasteiger partial charge in [0.15, 0.2) is 0 Å². The number of carbonyl (C=O) groups is 1. The molecule has 2 atom stereocenters. The maximum atomic E-state index is 13.5. The molecule has 1 aromatic carbocycles. The number of ether oxygens (including phenoxy) is 2. The summed E-state index contributed by atoms with van der Waals surface area (Å²) in [6.45, 7) is 0.771. The van der Waals surface area contributed by atoms with E-state index in [9.17, 15) is 19.4 Å². The fourth-order valence-corrected chi connectivity index (χ4v) is 1.96. The molecule has 0 fully saturated rings.